The van der Waals surface area contributed by atoms with Crippen molar-refractivity contribution in [2.75, 3.05) is 18.8 Å². The number of hydrogen-bond donors (Lipinski definition) is 2. The van der Waals surface area contributed by atoms with Crippen LogP contribution < -0.4 is 5.73 Å². The van der Waals surface area contributed by atoms with Gasteiger partial charge in [-0.25, -0.2) is 8.78 Å². The SMILES string of the molecule is Nc1c(F)cc(C(=O)N2CCCC(O)C2)cc1F. The van der Waals surface area contributed by atoms with Crippen LogP contribution in [0.1, 0.15) is 23.2 Å². The number of aliphatic hydroxyl groups excluding tert-OH is 1. The van der Waals surface area contributed by atoms with E-state index in [0.29, 0.717) is 19.4 Å². The number of nitrogens with two attached hydrogens (primary N) is 1. The molecule has 6 heteroatoms. The summed E-state index contributed by atoms with van der Waals surface area (Å²) in [5.41, 5.74) is 4.45. The van der Waals surface area contributed by atoms with E-state index in [1.165, 1.54) is 4.90 Å². The minimum absolute atomic E-state index is 0.0895. The van der Waals surface area contributed by atoms with Gasteiger partial charge in [-0.1, -0.05) is 0 Å². The lowest BCUT2D eigenvalue weighted by molar-refractivity contribution is 0.0473. The Morgan fingerprint density at radius 3 is 2.56 bits per heavy atom. The number of aliphatic hydroxyl groups is 1. The summed E-state index contributed by atoms with van der Waals surface area (Å²) in [7, 11) is 0. The molecule has 3 N–H and O–H groups in total. The first kappa shape index (κ1) is 12.8. The number of likely N-dealkylation sites (tertiary alicyclic amines) is 1. The highest BCUT2D eigenvalue weighted by molar-refractivity contribution is 5.94. The van der Waals surface area contributed by atoms with Gasteiger partial charge >= 0.3 is 0 Å². The molecule has 0 bridgehead atoms. The van der Waals surface area contributed by atoms with Crippen LogP contribution in [0.2, 0.25) is 0 Å². The highest BCUT2D eigenvalue weighted by atomic mass is 19.1. The molecule has 1 amide bonds. The van der Waals surface area contributed by atoms with Crippen LogP contribution in [0.3, 0.4) is 0 Å². The molecule has 98 valence electrons. The maximum atomic E-state index is 13.3. The van der Waals surface area contributed by atoms with Crippen LogP contribution in [0.15, 0.2) is 12.1 Å². The van der Waals surface area contributed by atoms with Gasteiger partial charge in [0.15, 0.2) is 0 Å². The van der Waals surface area contributed by atoms with Crippen molar-refractivity contribution in [3.05, 3.63) is 29.3 Å². The molecule has 1 fully saturated rings. The molecule has 1 aliphatic heterocycles. The van der Waals surface area contributed by atoms with Crippen LogP contribution in [0.25, 0.3) is 0 Å². The van der Waals surface area contributed by atoms with Gasteiger partial charge in [0.25, 0.3) is 5.91 Å². The number of nitrogens with zero attached hydrogens (tertiary/aromatic N) is 1. The van der Waals surface area contributed by atoms with Crippen molar-refractivity contribution >= 4 is 11.6 Å². The van der Waals surface area contributed by atoms with E-state index in [4.69, 9.17) is 5.73 Å². The number of halogens is 2. The van der Waals surface area contributed by atoms with Crippen molar-refractivity contribution in [2.45, 2.75) is 18.9 Å². The standard InChI is InChI=1S/C12H14F2N2O2/c13-9-4-7(5-10(14)11(9)15)12(18)16-3-1-2-8(17)6-16/h4-5,8,17H,1-3,6,15H2. The second-order valence-electron chi connectivity index (χ2n) is 4.40. The average molecular weight is 256 g/mol. The smallest absolute Gasteiger partial charge is 0.254 e. The van der Waals surface area contributed by atoms with E-state index >= 15 is 0 Å². The van der Waals surface area contributed by atoms with Crippen molar-refractivity contribution in [3.8, 4) is 0 Å². The normalized spacial score (nSPS) is 19.9. The van der Waals surface area contributed by atoms with Gasteiger partial charge in [-0.3, -0.25) is 4.79 Å². The van der Waals surface area contributed by atoms with Crippen LogP contribution in [-0.2, 0) is 0 Å². The molecule has 0 spiro atoms. The zero-order chi connectivity index (χ0) is 13.3. The van der Waals surface area contributed by atoms with Gasteiger partial charge in [0.2, 0.25) is 0 Å². The summed E-state index contributed by atoms with van der Waals surface area (Å²) in [4.78, 5) is 13.4. The van der Waals surface area contributed by atoms with Crippen LogP contribution in [0, 0.1) is 11.6 Å². The van der Waals surface area contributed by atoms with Gasteiger partial charge < -0.3 is 15.7 Å². The number of piperidine rings is 1. The lowest BCUT2D eigenvalue weighted by Crippen LogP contribution is -2.42. The Bertz CT molecular complexity index is 456. The number of carbonyl (C=O) groups excluding carboxylic acids is 1. The summed E-state index contributed by atoms with van der Waals surface area (Å²) < 4.78 is 26.5. The second kappa shape index (κ2) is 4.89. The molecule has 0 radical (unpaired) electrons. The van der Waals surface area contributed by atoms with E-state index in [0.717, 1.165) is 12.1 Å². The Balaban J connectivity index is 2.23. The van der Waals surface area contributed by atoms with E-state index < -0.39 is 29.3 Å². The molecule has 1 aromatic carbocycles. The Morgan fingerprint density at radius 1 is 1.39 bits per heavy atom. The van der Waals surface area contributed by atoms with Crippen LogP contribution in [0.5, 0.6) is 0 Å². The Labute approximate surface area is 103 Å². The summed E-state index contributed by atoms with van der Waals surface area (Å²) in [6.45, 7) is 0.663. The molecule has 2 rings (SSSR count). The van der Waals surface area contributed by atoms with Gasteiger partial charge in [0.05, 0.1) is 6.10 Å². The van der Waals surface area contributed by atoms with E-state index in [2.05, 4.69) is 0 Å². The molecular weight excluding hydrogens is 242 g/mol. The molecule has 1 atom stereocenters. The van der Waals surface area contributed by atoms with E-state index in [-0.39, 0.29) is 12.1 Å². The molecule has 0 aromatic heterocycles. The molecule has 1 heterocycles. The molecule has 18 heavy (non-hydrogen) atoms. The quantitative estimate of drug-likeness (QED) is 0.740. The van der Waals surface area contributed by atoms with Crippen molar-refractivity contribution in [1.29, 1.82) is 0 Å². The first-order valence-corrected chi connectivity index (χ1v) is 5.71. The molecule has 1 aromatic rings. The van der Waals surface area contributed by atoms with Gasteiger partial charge in [0, 0.05) is 18.7 Å². The molecule has 4 nitrogen and oxygen atoms in total. The number of nitrogen functional groups attached to an aromatic ring is 1. The summed E-state index contributed by atoms with van der Waals surface area (Å²) in [5, 5.41) is 9.47. The molecule has 1 unspecified atom stereocenters. The average Bonchev–Trinajstić information content (AvgIpc) is 2.34. The number of amides is 1. The Hall–Kier alpha value is -1.69. The number of anilines is 1. The lowest BCUT2D eigenvalue weighted by atomic mass is 10.1. The monoisotopic (exact) mass is 256 g/mol. The topological polar surface area (TPSA) is 66.6 Å². The van der Waals surface area contributed by atoms with Crippen LogP contribution in [0.4, 0.5) is 14.5 Å². The third-order valence-electron chi connectivity index (χ3n) is 3.01. The summed E-state index contributed by atoms with van der Waals surface area (Å²) in [5.74, 6) is -2.39. The minimum atomic E-state index is -0.948. The predicted octanol–water partition coefficient (Wildman–Crippen LogP) is 1.14. The third kappa shape index (κ3) is 2.43. The highest BCUT2D eigenvalue weighted by Crippen LogP contribution is 2.20. The first-order chi connectivity index (χ1) is 8.49. The van der Waals surface area contributed by atoms with Gasteiger partial charge in [-0.15, -0.1) is 0 Å². The molecule has 0 aliphatic carbocycles. The maximum Gasteiger partial charge on any atom is 0.254 e. The van der Waals surface area contributed by atoms with Crippen LogP contribution >= 0.6 is 0 Å². The molecule has 0 saturated carbocycles. The predicted molar refractivity (Wildman–Crippen MR) is 61.9 cm³/mol. The zero-order valence-corrected chi connectivity index (χ0v) is 9.70. The summed E-state index contributed by atoms with van der Waals surface area (Å²) in [6, 6.07) is 1.84. The maximum absolute atomic E-state index is 13.3. The number of benzene rings is 1. The fourth-order valence-corrected chi connectivity index (χ4v) is 2.03. The first-order valence-electron chi connectivity index (χ1n) is 5.71. The Morgan fingerprint density at radius 2 is 2.00 bits per heavy atom. The van der Waals surface area contributed by atoms with Gasteiger partial charge in [-0.05, 0) is 25.0 Å². The lowest BCUT2D eigenvalue weighted by Gasteiger charge is -2.30. The number of carbonyl (C=O) groups is 1. The molecule has 1 saturated heterocycles. The van der Waals surface area contributed by atoms with E-state index in [9.17, 15) is 18.7 Å². The fraction of sp³-hybridized carbons (Fsp3) is 0.417. The van der Waals surface area contributed by atoms with Crippen molar-refractivity contribution in [1.82, 2.24) is 4.90 Å². The minimum Gasteiger partial charge on any atom is -0.394 e. The summed E-state index contributed by atoms with van der Waals surface area (Å²) in [6.07, 6.45) is 0.729. The summed E-state index contributed by atoms with van der Waals surface area (Å²) >= 11 is 0. The Kier molecular flexibility index (Phi) is 3.47. The largest absolute Gasteiger partial charge is 0.394 e. The van der Waals surface area contributed by atoms with Crippen molar-refractivity contribution in [2.24, 2.45) is 0 Å². The van der Waals surface area contributed by atoms with Gasteiger partial charge in [-0.2, -0.15) is 0 Å². The van der Waals surface area contributed by atoms with Crippen LogP contribution in [-0.4, -0.2) is 35.1 Å². The zero-order valence-electron chi connectivity index (χ0n) is 9.70. The highest BCUT2D eigenvalue weighted by Gasteiger charge is 2.24. The number of hydrogen-bond acceptors (Lipinski definition) is 3. The second-order valence-corrected chi connectivity index (χ2v) is 4.40. The van der Waals surface area contributed by atoms with Crippen molar-refractivity contribution < 1.29 is 18.7 Å². The number of β-amino-alcohol motifs (C(OH)–C–C–N with tert-alkyl or cyclic N) is 1. The third-order valence-corrected chi connectivity index (χ3v) is 3.01. The fourth-order valence-electron chi connectivity index (χ4n) is 2.03. The number of rotatable bonds is 1. The van der Waals surface area contributed by atoms with Gasteiger partial charge in [0.1, 0.15) is 17.3 Å². The molecule has 1 aliphatic rings. The van der Waals surface area contributed by atoms with E-state index in [1.54, 1.807) is 0 Å². The van der Waals surface area contributed by atoms with Crippen molar-refractivity contribution in [3.63, 3.8) is 0 Å². The van der Waals surface area contributed by atoms with E-state index in [1.807, 2.05) is 0 Å². The molecular formula is C12H14F2N2O2.